The van der Waals surface area contributed by atoms with E-state index in [0.29, 0.717) is 54.1 Å². The van der Waals surface area contributed by atoms with E-state index in [1.165, 1.54) is 7.11 Å². The molecule has 0 amide bonds. The molecule has 6 aromatic carbocycles. The largest absolute Gasteiger partial charge is 0.491 e. The number of hydrogen-bond acceptors (Lipinski definition) is 9. The van der Waals surface area contributed by atoms with Gasteiger partial charge in [-0.2, -0.15) is 0 Å². The molecule has 302 valence electrons. The summed E-state index contributed by atoms with van der Waals surface area (Å²) in [6, 6.07) is 46.6. The highest BCUT2D eigenvalue weighted by molar-refractivity contribution is 5.89. The summed E-state index contributed by atoms with van der Waals surface area (Å²) in [4.78, 5) is 16.8. The van der Waals surface area contributed by atoms with Crippen LogP contribution in [0, 0.1) is 0 Å². The Balaban J connectivity index is 1.35. The maximum absolute atomic E-state index is 14.6. The molecule has 0 N–H and O–H groups in total. The highest BCUT2D eigenvalue weighted by Gasteiger charge is 2.25. The number of fused-ring (bicyclic) bond motifs is 1. The number of rotatable bonds is 20. The van der Waals surface area contributed by atoms with Gasteiger partial charge in [0.15, 0.2) is 17.3 Å². The third kappa shape index (κ3) is 10.4. The first-order valence-corrected chi connectivity index (χ1v) is 19.9. The first kappa shape index (κ1) is 40.5. The highest BCUT2D eigenvalue weighted by atomic mass is 16.5. The van der Waals surface area contributed by atoms with E-state index in [-0.39, 0.29) is 47.7 Å². The SMILES string of the molecule is CCN(CC)CCOc1cc(OCc2ccccc2)cc2oc(-c3cc(OCc4ccccc4)c(OCc4ccccc4)c(OCc4ccccc4)c3)c(OC)c(=O)c12. The van der Waals surface area contributed by atoms with E-state index in [2.05, 4.69) is 18.7 Å². The van der Waals surface area contributed by atoms with Gasteiger partial charge in [0, 0.05) is 24.2 Å². The second kappa shape index (κ2) is 20.1. The van der Waals surface area contributed by atoms with Crippen LogP contribution in [-0.4, -0.2) is 38.3 Å². The highest BCUT2D eigenvalue weighted by Crippen LogP contribution is 2.45. The van der Waals surface area contributed by atoms with Crippen molar-refractivity contribution in [3.05, 3.63) is 178 Å². The van der Waals surface area contributed by atoms with Crippen molar-refractivity contribution < 1.29 is 32.8 Å². The van der Waals surface area contributed by atoms with Crippen molar-refractivity contribution in [1.82, 2.24) is 4.90 Å². The monoisotopic (exact) mass is 791 g/mol. The molecule has 0 aliphatic carbocycles. The van der Waals surface area contributed by atoms with E-state index in [1.807, 2.05) is 121 Å². The van der Waals surface area contributed by atoms with Gasteiger partial charge in [0.25, 0.3) is 0 Å². The van der Waals surface area contributed by atoms with E-state index in [4.69, 9.17) is 32.8 Å². The molecule has 7 aromatic rings. The first-order chi connectivity index (χ1) is 29.0. The molecule has 0 radical (unpaired) electrons. The van der Waals surface area contributed by atoms with Crippen molar-refractivity contribution in [1.29, 1.82) is 0 Å². The molecular weight excluding hydrogens is 743 g/mol. The van der Waals surface area contributed by atoms with Crippen molar-refractivity contribution >= 4 is 11.0 Å². The summed E-state index contributed by atoms with van der Waals surface area (Å²) in [6.07, 6.45) is 0. The summed E-state index contributed by atoms with van der Waals surface area (Å²) in [5, 5.41) is 0.251. The zero-order valence-corrected chi connectivity index (χ0v) is 33.7. The Labute approximate surface area is 345 Å². The van der Waals surface area contributed by atoms with Crippen LogP contribution in [0.5, 0.6) is 34.5 Å². The molecule has 0 fully saturated rings. The summed E-state index contributed by atoms with van der Waals surface area (Å²) < 4.78 is 44.8. The minimum atomic E-state index is -0.390. The van der Waals surface area contributed by atoms with Gasteiger partial charge in [0.2, 0.25) is 16.9 Å². The van der Waals surface area contributed by atoms with Crippen LogP contribution in [0.3, 0.4) is 0 Å². The Kier molecular flexibility index (Phi) is 13.8. The molecule has 0 unspecified atom stereocenters. The molecule has 0 saturated heterocycles. The van der Waals surface area contributed by atoms with Crippen molar-refractivity contribution in [2.24, 2.45) is 0 Å². The van der Waals surface area contributed by atoms with Crippen LogP contribution in [0.25, 0.3) is 22.3 Å². The van der Waals surface area contributed by atoms with E-state index in [0.717, 1.165) is 35.3 Å². The molecule has 0 aliphatic heterocycles. The van der Waals surface area contributed by atoms with Crippen molar-refractivity contribution in [3.8, 4) is 45.8 Å². The van der Waals surface area contributed by atoms with Gasteiger partial charge in [0.05, 0.1) is 7.11 Å². The van der Waals surface area contributed by atoms with Crippen LogP contribution >= 0.6 is 0 Å². The Morgan fingerprint density at radius 1 is 0.525 bits per heavy atom. The fourth-order valence-electron chi connectivity index (χ4n) is 6.65. The Hall–Kier alpha value is -6.71. The summed E-state index contributed by atoms with van der Waals surface area (Å²) >= 11 is 0. The van der Waals surface area contributed by atoms with Crippen molar-refractivity contribution in [2.75, 3.05) is 33.4 Å². The molecule has 9 heteroatoms. The minimum Gasteiger partial charge on any atom is -0.491 e. The molecule has 59 heavy (non-hydrogen) atoms. The number of likely N-dealkylation sites (N-methyl/N-ethyl adjacent to an activating group) is 1. The lowest BCUT2D eigenvalue weighted by atomic mass is 10.1. The van der Waals surface area contributed by atoms with Gasteiger partial charge in [0.1, 0.15) is 55.5 Å². The molecule has 0 aliphatic rings. The third-order valence-electron chi connectivity index (χ3n) is 9.89. The van der Waals surface area contributed by atoms with E-state index >= 15 is 0 Å². The van der Waals surface area contributed by atoms with E-state index in [9.17, 15) is 4.79 Å². The second-order valence-corrected chi connectivity index (χ2v) is 13.9. The third-order valence-corrected chi connectivity index (χ3v) is 9.89. The summed E-state index contributed by atoms with van der Waals surface area (Å²) in [6.45, 7) is 8.09. The first-order valence-electron chi connectivity index (χ1n) is 19.9. The van der Waals surface area contributed by atoms with Crippen molar-refractivity contribution in [3.63, 3.8) is 0 Å². The average Bonchev–Trinajstić information content (AvgIpc) is 3.29. The fourth-order valence-corrected chi connectivity index (χ4v) is 6.65. The lowest BCUT2D eigenvalue weighted by Crippen LogP contribution is -2.28. The van der Waals surface area contributed by atoms with E-state index < -0.39 is 0 Å². The predicted molar refractivity (Wildman–Crippen MR) is 231 cm³/mol. The molecular formula is C50H49NO8. The quantitative estimate of drug-likeness (QED) is 0.0748. The fraction of sp³-hybridized carbons (Fsp3) is 0.220. The number of ether oxygens (including phenoxy) is 6. The molecule has 7 rings (SSSR count). The smallest absolute Gasteiger partial charge is 0.239 e. The van der Waals surface area contributed by atoms with Crippen molar-refractivity contribution in [2.45, 2.75) is 40.3 Å². The van der Waals surface area contributed by atoms with Crippen LogP contribution in [0.15, 0.2) is 155 Å². The lowest BCUT2D eigenvalue weighted by Gasteiger charge is -2.20. The molecule has 0 spiro atoms. The van der Waals surface area contributed by atoms with Gasteiger partial charge in [-0.15, -0.1) is 0 Å². The Morgan fingerprint density at radius 3 is 1.47 bits per heavy atom. The van der Waals surface area contributed by atoms with Crippen LogP contribution in [-0.2, 0) is 26.4 Å². The van der Waals surface area contributed by atoms with E-state index in [1.54, 1.807) is 24.3 Å². The topological polar surface area (TPSA) is 88.8 Å². The maximum Gasteiger partial charge on any atom is 0.239 e. The Bertz CT molecular complexity index is 2390. The second-order valence-electron chi connectivity index (χ2n) is 13.9. The summed E-state index contributed by atoms with van der Waals surface area (Å²) in [7, 11) is 1.46. The molecule has 1 aromatic heterocycles. The van der Waals surface area contributed by atoms with Crippen LogP contribution in [0.1, 0.15) is 36.1 Å². The standard InChI is InChI=1S/C50H49NO8/c1-4-51(5-2)26-27-54-42-30-41(55-32-36-18-10-6-11-19-36)31-43-46(42)47(52)50(53-3)48(59-43)40-28-44(56-33-37-20-12-7-13-21-37)49(58-35-39-24-16-9-17-25-39)45(29-40)57-34-38-22-14-8-15-23-38/h6-25,28-31H,4-5,26-27,32-35H2,1-3H3. The van der Waals surface area contributed by atoms with Gasteiger partial charge in [-0.3, -0.25) is 4.79 Å². The maximum atomic E-state index is 14.6. The minimum absolute atomic E-state index is 0.00465. The van der Waals surface area contributed by atoms with Gasteiger partial charge >= 0.3 is 0 Å². The zero-order chi connectivity index (χ0) is 40.8. The van der Waals surface area contributed by atoms with Crippen LogP contribution in [0.2, 0.25) is 0 Å². The van der Waals surface area contributed by atoms with Gasteiger partial charge in [-0.05, 0) is 47.5 Å². The Morgan fingerprint density at radius 2 is 1.00 bits per heavy atom. The summed E-state index contributed by atoms with van der Waals surface area (Å²) in [5.41, 5.74) is 4.27. The average molecular weight is 792 g/mol. The van der Waals surface area contributed by atoms with Crippen LogP contribution < -0.4 is 33.8 Å². The van der Waals surface area contributed by atoms with Gasteiger partial charge < -0.3 is 37.7 Å². The predicted octanol–water partition coefficient (Wildman–Crippen LogP) is 10.5. The lowest BCUT2D eigenvalue weighted by molar-refractivity contribution is 0.223. The molecule has 1 heterocycles. The molecule has 0 atom stereocenters. The number of hydrogen-bond donors (Lipinski definition) is 0. The molecule has 9 nitrogen and oxygen atoms in total. The molecule has 0 saturated carbocycles. The number of nitrogens with zero attached hydrogens (tertiary/aromatic N) is 1. The number of methoxy groups -OCH3 is 1. The number of benzene rings is 6. The van der Waals surface area contributed by atoms with Gasteiger partial charge in [-0.1, -0.05) is 135 Å². The normalized spacial score (nSPS) is 11.1. The molecule has 0 bridgehead atoms. The zero-order valence-electron chi connectivity index (χ0n) is 33.7. The van der Waals surface area contributed by atoms with Gasteiger partial charge in [-0.25, -0.2) is 0 Å². The summed E-state index contributed by atoms with van der Waals surface area (Å²) in [5.74, 6) is 2.23. The van der Waals surface area contributed by atoms with Crippen LogP contribution in [0.4, 0.5) is 0 Å².